The number of carbonyl (C=O) groups is 2. The maximum absolute atomic E-state index is 13.7. The van der Waals surface area contributed by atoms with E-state index in [1.54, 1.807) is 12.0 Å². The highest BCUT2D eigenvalue weighted by atomic mass is 16.5. The third-order valence-corrected chi connectivity index (χ3v) is 7.70. The fourth-order valence-corrected chi connectivity index (χ4v) is 5.87. The van der Waals surface area contributed by atoms with Crippen LogP contribution in [0.3, 0.4) is 0 Å². The van der Waals surface area contributed by atoms with Gasteiger partial charge in [0.15, 0.2) is 0 Å². The number of aromatic amines is 1. The number of hydrogen-bond donors (Lipinski definition) is 2. The van der Waals surface area contributed by atoms with Crippen molar-refractivity contribution >= 4 is 22.7 Å². The van der Waals surface area contributed by atoms with Gasteiger partial charge in [-0.1, -0.05) is 48.5 Å². The molecule has 1 fully saturated rings. The number of benzene rings is 3. The zero-order valence-corrected chi connectivity index (χ0v) is 21.6. The first-order chi connectivity index (χ1) is 18.6. The molecule has 0 spiro atoms. The van der Waals surface area contributed by atoms with Crippen LogP contribution in [0.15, 0.2) is 72.8 Å². The quantitative estimate of drug-likeness (QED) is 0.365. The number of H-pyrrole nitrogens is 1. The minimum Gasteiger partial charge on any atom is -0.497 e. The van der Waals surface area contributed by atoms with Crippen LogP contribution in [0, 0.1) is 0 Å². The number of carbonyl (C=O) groups excluding carboxylic acids is 2. The number of hydrogen-bond acceptors (Lipinski definition) is 4. The first-order valence-electron chi connectivity index (χ1n) is 13.3. The standard InChI is InChI=1S/C31H32N4O3/c1-38-22-10-8-9-21(19-22)29-28(25-13-4-5-14-26(25)33-29)30-23-11-2-3-12-24(23)31(37)35(30)20-27(36)32-15-18-34-16-6-7-17-34/h2-5,8-14,19,30,33H,6-7,15-18,20H2,1H3,(H,32,36). The third kappa shape index (κ3) is 4.43. The molecule has 6 rings (SSSR count). The van der Waals surface area contributed by atoms with Crippen molar-refractivity contribution in [2.45, 2.75) is 18.9 Å². The Balaban J connectivity index is 1.39. The van der Waals surface area contributed by atoms with Crippen molar-refractivity contribution in [2.24, 2.45) is 0 Å². The van der Waals surface area contributed by atoms with Gasteiger partial charge in [-0.2, -0.15) is 0 Å². The van der Waals surface area contributed by atoms with Gasteiger partial charge in [-0.25, -0.2) is 0 Å². The molecule has 194 valence electrons. The van der Waals surface area contributed by atoms with Gasteiger partial charge in [0.05, 0.1) is 18.8 Å². The molecule has 2 amide bonds. The Labute approximate surface area is 222 Å². The number of fused-ring (bicyclic) bond motifs is 2. The Morgan fingerprint density at radius 1 is 1.03 bits per heavy atom. The molecule has 0 aliphatic carbocycles. The van der Waals surface area contributed by atoms with Crippen molar-refractivity contribution in [1.29, 1.82) is 0 Å². The van der Waals surface area contributed by atoms with Crippen LogP contribution in [-0.2, 0) is 4.79 Å². The molecule has 0 saturated carbocycles. The van der Waals surface area contributed by atoms with Crippen LogP contribution in [0.25, 0.3) is 22.2 Å². The molecule has 2 aliphatic rings. The molecule has 38 heavy (non-hydrogen) atoms. The molecule has 1 aromatic heterocycles. The van der Waals surface area contributed by atoms with Gasteiger partial charge in [0.2, 0.25) is 5.91 Å². The molecule has 1 atom stereocenters. The fourth-order valence-electron chi connectivity index (χ4n) is 5.87. The van der Waals surface area contributed by atoms with Crippen LogP contribution in [0.2, 0.25) is 0 Å². The first-order valence-corrected chi connectivity index (χ1v) is 13.3. The summed E-state index contributed by atoms with van der Waals surface area (Å²) in [5, 5.41) is 4.08. The monoisotopic (exact) mass is 508 g/mol. The van der Waals surface area contributed by atoms with E-state index in [1.807, 2.05) is 66.7 Å². The van der Waals surface area contributed by atoms with E-state index in [0.717, 1.165) is 58.7 Å². The number of rotatable bonds is 8. The van der Waals surface area contributed by atoms with E-state index in [2.05, 4.69) is 21.3 Å². The van der Waals surface area contributed by atoms with Gasteiger partial charge in [-0.15, -0.1) is 0 Å². The highest BCUT2D eigenvalue weighted by Gasteiger charge is 2.41. The van der Waals surface area contributed by atoms with Crippen LogP contribution < -0.4 is 10.1 Å². The molecule has 2 N–H and O–H groups in total. The third-order valence-electron chi connectivity index (χ3n) is 7.70. The second-order valence-corrected chi connectivity index (χ2v) is 10.0. The molecule has 4 aromatic rings. The number of likely N-dealkylation sites (tertiary alicyclic amines) is 1. The van der Waals surface area contributed by atoms with Gasteiger partial charge in [0.25, 0.3) is 5.91 Å². The molecule has 1 saturated heterocycles. The number of amides is 2. The van der Waals surface area contributed by atoms with E-state index in [9.17, 15) is 9.59 Å². The Morgan fingerprint density at radius 2 is 1.82 bits per heavy atom. The van der Waals surface area contributed by atoms with E-state index < -0.39 is 6.04 Å². The summed E-state index contributed by atoms with van der Waals surface area (Å²) in [6.07, 6.45) is 2.44. The SMILES string of the molecule is COc1cccc(-c2[nH]c3ccccc3c2C2c3ccccc3C(=O)N2CC(=O)NCCN2CCCC2)c1. The average molecular weight is 509 g/mol. The summed E-state index contributed by atoms with van der Waals surface area (Å²) in [6, 6.07) is 23.3. The lowest BCUT2D eigenvalue weighted by Crippen LogP contribution is -2.41. The molecule has 0 bridgehead atoms. The van der Waals surface area contributed by atoms with Crippen molar-refractivity contribution in [1.82, 2.24) is 20.1 Å². The summed E-state index contributed by atoms with van der Waals surface area (Å²) in [6.45, 7) is 3.60. The van der Waals surface area contributed by atoms with E-state index in [1.165, 1.54) is 12.8 Å². The predicted octanol–water partition coefficient (Wildman–Crippen LogP) is 4.60. The smallest absolute Gasteiger partial charge is 0.255 e. The molecule has 2 aliphatic heterocycles. The molecule has 0 radical (unpaired) electrons. The van der Waals surface area contributed by atoms with Crippen molar-refractivity contribution < 1.29 is 14.3 Å². The number of methoxy groups -OCH3 is 1. The second kappa shape index (κ2) is 10.3. The van der Waals surface area contributed by atoms with E-state index in [-0.39, 0.29) is 18.4 Å². The van der Waals surface area contributed by atoms with Gasteiger partial charge < -0.3 is 24.8 Å². The highest BCUT2D eigenvalue weighted by molar-refractivity contribution is 6.03. The lowest BCUT2D eigenvalue weighted by atomic mass is 9.93. The maximum atomic E-state index is 13.7. The Bertz CT molecular complexity index is 1490. The molecule has 1 unspecified atom stereocenters. The summed E-state index contributed by atoms with van der Waals surface area (Å²) in [5.41, 5.74) is 5.39. The minimum atomic E-state index is -0.402. The van der Waals surface area contributed by atoms with Crippen molar-refractivity contribution in [3.63, 3.8) is 0 Å². The molecule has 7 heteroatoms. The zero-order valence-electron chi connectivity index (χ0n) is 21.6. The highest BCUT2D eigenvalue weighted by Crippen LogP contribution is 2.45. The average Bonchev–Trinajstić information content (AvgIpc) is 3.66. The van der Waals surface area contributed by atoms with Gasteiger partial charge in [-0.3, -0.25) is 9.59 Å². The van der Waals surface area contributed by atoms with Crippen LogP contribution in [0.1, 0.15) is 40.4 Å². The van der Waals surface area contributed by atoms with E-state index in [0.29, 0.717) is 12.1 Å². The Morgan fingerprint density at radius 3 is 2.66 bits per heavy atom. The summed E-state index contributed by atoms with van der Waals surface area (Å²) >= 11 is 0. The normalized spacial score (nSPS) is 17.2. The Hall–Kier alpha value is -4.10. The van der Waals surface area contributed by atoms with Gasteiger partial charge in [-0.05, 0) is 55.8 Å². The zero-order chi connectivity index (χ0) is 26.1. The van der Waals surface area contributed by atoms with Gasteiger partial charge >= 0.3 is 0 Å². The van der Waals surface area contributed by atoms with Crippen LogP contribution in [-0.4, -0.2) is 66.4 Å². The van der Waals surface area contributed by atoms with Crippen LogP contribution in [0.5, 0.6) is 5.75 Å². The molecule has 3 aromatic carbocycles. The summed E-state index contributed by atoms with van der Waals surface area (Å²) in [4.78, 5) is 34.5. The fraction of sp³-hybridized carbons (Fsp3) is 0.290. The summed E-state index contributed by atoms with van der Waals surface area (Å²) in [5.74, 6) is 0.490. The lowest BCUT2D eigenvalue weighted by molar-refractivity contribution is -0.122. The van der Waals surface area contributed by atoms with E-state index >= 15 is 0 Å². The summed E-state index contributed by atoms with van der Waals surface area (Å²) in [7, 11) is 1.65. The second-order valence-electron chi connectivity index (χ2n) is 10.0. The Kier molecular flexibility index (Phi) is 6.60. The number of nitrogens with zero attached hydrogens (tertiary/aromatic N) is 2. The molecular formula is C31H32N4O3. The lowest BCUT2D eigenvalue weighted by Gasteiger charge is -2.26. The predicted molar refractivity (Wildman–Crippen MR) is 148 cm³/mol. The topological polar surface area (TPSA) is 77.7 Å². The largest absolute Gasteiger partial charge is 0.497 e. The van der Waals surface area contributed by atoms with Crippen molar-refractivity contribution in [2.75, 3.05) is 39.8 Å². The number of para-hydroxylation sites is 1. The van der Waals surface area contributed by atoms with Crippen molar-refractivity contribution in [3.05, 3.63) is 89.5 Å². The number of nitrogens with one attached hydrogen (secondary N) is 2. The van der Waals surface area contributed by atoms with Crippen LogP contribution >= 0.6 is 0 Å². The van der Waals surface area contributed by atoms with Crippen LogP contribution in [0.4, 0.5) is 0 Å². The van der Waals surface area contributed by atoms with Gasteiger partial charge in [0.1, 0.15) is 12.3 Å². The number of aromatic nitrogens is 1. The summed E-state index contributed by atoms with van der Waals surface area (Å²) < 4.78 is 5.50. The van der Waals surface area contributed by atoms with Gasteiger partial charge in [0, 0.05) is 40.7 Å². The molecule has 7 nitrogen and oxygen atoms in total. The first kappa shape index (κ1) is 24.2. The maximum Gasteiger partial charge on any atom is 0.255 e. The van der Waals surface area contributed by atoms with Crippen molar-refractivity contribution in [3.8, 4) is 17.0 Å². The minimum absolute atomic E-state index is 0.00472. The molecular weight excluding hydrogens is 476 g/mol. The number of ether oxygens (including phenoxy) is 1. The molecule has 3 heterocycles. The van der Waals surface area contributed by atoms with E-state index in [4.69, 9.17) is 4.74 Å².